The van der Waals surface area contributed by atoms with E-state index >= 15 is 0 Å². The lowest BCUT2D eigenvalue weighted by Crippen LogP contribution is -1.89. The average Bonchev–Trinajstić information content (AvgIpc) is 2.12. The van der Waals surface area contributed by atoms with Gasteiger partial charge in [-0.1, -0.05) is 11.6 Å². The Morgan fingerprint density at radius 2 is 2.21 bits per heavy atom. The number of nitro groups is 1. The SMILES string of the molecule is Cc1c(Cl)cc([N+](=O)[O-])cc1N=C=O. The largest absolute Gasteiger partial charge is 0.273 e. The molecule has 14 heavy (non-hydrogen) atoms. The molecule has 0 amide bonds. The van der Waals surface area contributed by atoms with Gasteiger partial charge in [-0.05, 0) is 12.5 Å². The van der Waals surface area contributed by atoms with Crippen LogP contribution < -0.4 is 0 Å². The number of rotatable bonds is 2. The van der Waals surface area contributed by atoms with Gasteiger partial charge in [-0.2, -0.15) is 4.99 Å². The molecule has 0 unspecified atom stereocenters. The Hall–Kier alpha value is -1.71. The molecule has 72 valence electrons. The van der Waals surface area contributed by atoms with Crippen LogP contribution in [0.4, 0.5) is 11.4 Å². The number of hydrogen-bond acceptors (Lipinski definition) is 4. The molecule has 0 aliphatic rings. The van der Waals surface area contributed by atoms with E-state index in [1.165, 1.54) is 18.2 Å². The van der Waals surface area contributed by atoms with E-state index in [0.717, 1.165) is 0 Å². The molecule has 0 heterocycles. The first-order chi connectivity index (χ1) is 6.56. The molecule has 0 fully saturated rings. The van der Waals surface area contributed by atoms with Gasteiger partial charge >= 0.3 is 0 Å². The van der Waals surface area contributed by atoms with Crippen molar-refractivity contribution in [1.82, 2.24) is 0 Å². The van der Waals surface area contributed by atoms with Crippen LogP contribution in [0.25, 0.3) is 0 Å². The van der Waals surface area contributed by atoms with Crippen molar-refractivity contribution in [3.8, 4) is 0 Å². The van der Waals surface area contributed by atoms with Crippen LogP contribution in [0, 0.1) is 17.0 Å². The maximum absolute atomic E-state index is 10.4. The fraction of sp³-hybridized carbons (Fsp3) is 0.125. The molecular weight excluding hydrogens is 208 g/mol. The Kier molecular flexibility index (Phi) is 2.96. The molecule has 0 bridgehead atoms. The predicted octanol–water partition coefficient (Wildman–Crippen LogP) is 2.52. The van der Waals surface area contributed by atoms with Gasteiger partial charge in [-0.3, -0.25) is 10.1 Å². The van der Waals surface area contributed by atoms with Crippen molar-refractivity contribution in [2.75, 3.05) is 0 Å². The molecule has 1 aromatic rings. The van der Waals surface area contributed by atoms with Crippen molar-refractivity contribution in [2.45, 2.75) is 6.92 Å². The zero-order valence-corrected chi connectivity index (χ0v) is 7.91. The van der Waals surface area contributed by atoms with Crippen molar-refractivity contribution < 1.29 is 9.72 Å². The lowest BCUT2D eigenvalue weighted by atomic mass is 10.2. The molecule has 5 nitrogen and oxygen atoms in total. The highest BCUT2D eigenvalue weighted by atomic mass is 35.5. The minimum Gasteiger partial charge on any atom is -0.258 e. The molecular formula is C8H5ClN2O3. The van der Waals surface area contributed by atoms with E-state index in [-0.39, 0.29) is 16.4 Å². The fourth-order valence-corrected chi connectivity index (χ4v) is 1.13. The third-order valence-corrected chi connectivity index (χ3v) is 2.07. The summed E-state index contributed by atoms with van der Waals surface area (Å²) in [5, 5.41) is 10.6. The van der Waals surface area contributed by atoms with Crippen molar-refractivity contribution in [2.24, 2.45) is 4.99 Å². The van der Waals surface area contributed by atoms with Gasteiger partial charge in [0.2, 0.25) is 6.08 Å². The van der Waals surface area contributed by atoms with Crippen molar-refractivity contribution >= 4 is 29.1 Å². The summed E-state index contributed by atoms with van der Waals surface area (Å²) in [6.07, 6.45) is 1.31. The minimum absolute atomic E-state index is 0.166. The van der Waals surface area contributed by atoms with Gasteiger partial charge in [0.15, 0.2) is 0 Å². The number of aliphatic imine (C=N–C) groups is 1. The number of halogens is 1. The highest BCUT2D eigenvalue weighted by molar-refractivity contribution is 6.31. The number of nitro benzene ring substituents is 1. The monoisotopic (exact) mass is 212 g/mol. The van der Waals surface area contributed by atoms with E-state index in [9.17, 15) is 14.9 Å². The van der Waals surface area contributed by atoms with Crippen LogP contribution in [-0.4, -0.2) is 11.0 Å². The van der Waals surface area contributed by atoms with Gasteiger partial charge in [0.05, 0.1) is 15.6 Å². The lowest BCUT2D eigenvalue weighted by molar-refractivity contribution is -0.384. The summed E-state index contributed by atoms with van der Waals surface area (Å²) < 4.78 is 0. The van der Waals surface area contributed by atoms with E-state index in [1.54, 1.807) is 6.92 Å². The van der Waals surface area contributed by atoms with E-state index in [2.05, 4.69) is 4.99 Å². The van der Waals surface area contributed by atoms with Crippen LogP contribution in [0.15, 0.2) is 17.1 Å². The second-order valence-corrected chi connectivity index (χ2v) is 2.94. The maximum atomic E-state index is 10.4. The number of nitrogens with zero attached hydrogens (tertiary/aromatic N) is 2. The van der Waals surface area contributed by atoms with Gasteiger partial charge < -0.3 is 0 Å². The smallest absolute Gasteiger partial charge is 0.258 e. The summed E-state index contributed by atoms with van der Waals surface area (Å²) in [7, 11) is 0. The second kappa shape index (κ2) is 4.00. The second-order valence-electron chi connectivity index (χ2n) is 2.53. The van der Waals surface area contributed by atoms with Gasteiger partial charge in [0, 0.05) is 12.1 Å². The van der Waals surface area contributed by atoms with Crippen molar-refractivity contribution in [3.05, 3.63) is 32.8 Å². The first-order valence-electron chi connectivity index (χ1n) is 3.58. The van der Waals surface area contributed by atoms with Crippen molar-refractivity contribution in [1.29, 1.82) is 0 Å². The Labute approximate surface area is 84.2 Å². The average molecular weight is 213 g/mol. The number of carbonyl (C=O) groups excluding carboxylic acids is 1. The zero-order valence-electron chi connectivity index (χ0n) is 7.15. The quantitative estimate of drug-likeness (QED) is 0.327. The minimum atomic E-state index is -0.602. The Bertz CT molecular complexity index is 438. The highest BCUT2D eigenvalue weighted by Gasteiger charge is 2.12. The lowest BCUT2D eigenvalue weighted by Gasteiger charge is -2.00. The van der Waals surface area contributed by atoms with Crippen LogP contribution in [0.1, 0.15) is 5.56 Å². The number of isocyanates is 1. The van der Waals surface area contributed by atoms with Crippen molar-refractivity contribution in [3.63, 3.8) is 0 Å². The molecule has 6 heteroatoms. The molecule has 0 saturated heterocycles. The number of benzene rings is 1. The van der Waals surface area contributed by atoms with Gasteiger partial charge in [-0.15, -0.1) is 0 Å². The van der Waals surface area contributed by atoms with Gasteiger partial charge in [0.25, 0.3) is 5.69 Å². The molecule has 0 aliphatic heterocycles. The summed E-state index contributed by atoms with van der Waals surface area (Å²) in [4.78, 5) is 23.2. The van der Waals surface area contributed by atoms with Gasteiger partial charge in [0.1, 0.15) is 0 Å². The van der Waals surface area contributed by atoms with E-state index < -0.39 is 4.92 Å². The number of hydrogen-bond donors (Lipinski definition) is 0. The molecule has 1 rings (SSSR count). The van der Waals surface area contributed by atoms with E-state index in [4.69, 9.17) is 11.6 Å². The Balaban J connectivity index is 3.42. The molecule has 0 aliphatic carbocycles. The third-order valence-electron chi connectivity index (χ3n) is 1.68. The van der Waals surface area contributed by atoms with Crippen LogP contribution in [-0.2, 0) is 4.79 Å². The molecule has 0 saturated carbocycles. The molecule has 0 N–H and O–H groups in total. The molecule has 0 aromatic heterocycles. The van der Waals surface area contributed by atoms with Crippen LogP contribution >= 0.6 is 11.6 Å². The maximum Gasteiger partial charge on any atom is 0.273 e. The first kappa shape index (κ1) is 10.4. The van der Waals surface area contributed by atoms with Crippen LogP contribution in [0.3, 0.4) is 0 Å². The predicted molar refractivity (Wildman–Crippen MR) is 50.6 cm³/mol. The topological polar surface area (TPSA) is 72.6 Å². The first-order valence-corrected chi connectivity index (χ1v) is 3.96. The number of non-ortho nitro benzene ring substituents is 1. The fourth-order valence-electron chi connectivity index (χ4n) is 0.921. The Morgan fingerprint density at radius 3 is 2.71 bits per heavy atom. The van der Waals surface area contributed by atoms with Gasteiger partial charge in [-0.25, -0.2) is 4.79 Å². The Morgan fingerprint density at radius 1 is 1.57 bits per heavy atom. The van der Waals surface area contributed by atoms with E-state index in [1.807, 2.05) is 0 Å². The normalized spacial score (nSPS) is 9.29. The zero-order chi connectivity index (χ0) is 10.7. The molecule has 1 aromatic carbocycles. The summed E-state index contributed by atoms with van der Waals surface area (Å²) in [5.41, 5.74) is 0.481. The van der Waals surface area contributed by atoms with E-state index in [0.29, 0.717) is 5.56 Å². The molecule has 0 radical (unpaired) electrons. The van der Waals surface area contributed by atoms with Crippen LogP contribution in [0.5, 0.6) is 0 Å². The van der Waals surface area contributed by atoms with Crippen LogP contribution in [0.2, 0.25) is 5.02 Å². The highest BCUT2D eigenvalue weighted by Crippen LogP contribution is 2.30. The molecule has 0 spiro atoms. The summed E-state index contributed by atoms with van der Waals surface area (Å²) in [5.74, 6) is 0. The summed E-state index contributed by atoms with van der Waals surface area (Å²) in [6.45, 7) is 1.61. The third kappa shape index (κ3) is 1.96. The standard InChI is InChI=1S/C8H5ClN2O3/c1-5-7(9)2-6(11(13)14)3-8(5)10-4-12/h2-3H,1H3. The molecule has 0 atom stereocenters. The summed E-state index contributed by atoms with van der Waals surface area (Å²) >= 11 is 5.70. The summed E-state index contributed by atoms with van der Waals surface area (Å²) in [6, 6.07) is 2.38.